The lowest BCUT2D eigenvalue weighted by Gasteiger charge is -2.07. The molecule has 27 heavy (non-hydrogen) atoms. The maximum absolute atomic E-state index is 13.7. The number of para-hydroxylation sites is 1. The van der Waals surface area contributed by atoms with Crippen LogP contribution in [-0.4, -0.2) is 21.6 Å². The number of amides is 1. The molecule has 4 rings (SSSR count). The number of aromatic nitrogens is 2. The second kappa shape index (κ2) is 7.85. The molecule has 1 amide bonds. The van der Waals surface area contributed by atoms with Crippen molar-refractivity contribution in [2.24, 2.45) is 0 Å². The Balaban J connectivity index is 1.56. The molecular weight excluding hydrogens is 381 g/mol. The van der Waals surface area contributed by atoms with E-state index in [-0.39, 0.29) is 17.3 Å². The summed E-state index contributed by atoms with van der Waals surface area (Å²) in [6, 6.07) is 16.1. The monoisotopic (exact) mass is 395 g/mol. The number of anilines is 1. The van der Waals surface area contributed by atoms with Crippen LogP contribution in [0.15, 0.2) is 71.3 Å². The Morgan fingerprint density at radius 1 is 1.07 bits per heavy atom. The van der Waals surface area contributed by atoms with Gasteiger partial charge in [0.05, 0.1) is 16.8 Å². The van der Waals surface area contributed by atoms with Crippen LogP contribution in [0, 0.1) is 5.82 Å². The standard InChI is InChI=1S/C20H14FN3OS2/c21-15-8-4-5-9-16(15)24-17(25)11-27-20-18-14(13-6-2-1-3-7-13)10-26-19(18)22-12-23-20/h1-10,12H,11H2,(H,24,25). The fraction of sp³-hybridized carbons (Fsp3) is 0.0500. The first kappa shape index (κ1) is 17.6. The van der Waals surface area contributed by atoms with Gasteiger partial charge in [0, 0.05) is 10.9 Å². The van der Waals surface area contributed by atoms with E-state index in [4.69, 9.17) is 0 Å². The predicted molar refractivity (Wildman–Crippen MR) is 109 cm³/mol. The molecule has 7 heteroatoms. The minimum Gasteiger partial charge on any atom is -0.323 e. The molecule has 2 heterocycles. The Bertz CT molecular complexity index is 1100. The van der Waals surface area contributed by atoms with Gasteiger partial charge >= 0.3 is 0 Å². The molecule has 0 saturated heterocycles. The average molecular weight is 395 g/mol. The number of nitrogens with one attached hydrogen (secondary N) is 1. The summed E-state index contributed by atoms with van der Waals surface area (Å²) in [6.07, 6.45) is 1.50. The Kier molecular flexibility index (Phi) is 5.13. The minimum atomic E-state index is -0.454. The zero-order valence-corrected chi connectivity index (χ0v) is 15.7. The number of carbonyl (C=O) groups excluding carboxylic acids is 1. The van der Waals surface area contributed by atoms with E-state index >= 15 is 0 Å². The van der Waals surface area contributed by atoms with Crippen molar-refractivity contribution in [2.75, 3.05) is 11.1 Å². The Morgan fingerprint density at radius 2 is 1.85 bits per heavy atom. The highest BCUT2D eigenvalue weighted by atomic mass is 32.2. The highest BCUT2D eigenvalue weighted by Crippen LogP contribution is 2.37. The molecular formula is C20H14FN3OS2. The van der Waals surface area contributed by atoms with Gasteiger partial charge in [-0.3, -0.25) is 4.79 Å². The van der Waals surface area contributed by atoms with Crippen molar-refractivity contribution >= 4 is 44.9 Å². The summed E-state index contributed by atoms with van der Waals surface area (Å²) in [5.41, 5.74) is 2.31. The molecule has 0 spiro atoms. The number of thiophene rings is 1. The normalized spacial score (nSPS) is 10.9. The molecule has 0 radical (unpaired) electrons. The van der Waals surface area contributed by atoms with Gasteiger partial charge in [-0.1, -0.05) is 54.2 Å². The van der Waals surface area contributed by atoms with Crippen molar-refractivity contribution in [2.45, 2.75) is 5.03 Å². The molecule has 0 atom stereocenters. The number of carbonyl (C=O) groups is 1. The molecule has 2 aromatic carbocycles. The number of rotatable bonds is 5. The van der Waals surface area contributed by atoms with Crippen LogP contribution in [0.5, 0.6) is 0 Å². The minimum absolute atomic E-state index is 0.129. The lowest BCUT2D eigenvalue weighted by Crippen LogP contribution is -2.15. The number of hydrogen-bond acceptors (Lipinski definition) is 5. The van der Waals surface area contributed by atoms with Gasteiger partial charge in [-0.15, -0.1) is 11.3 Å². The smallest absolute Gasteiger partial charge is 0.234 e. The molecule has 134 valence electrons. The van der Waals surface area contributed by atoms with E-state index in [1.54, 1.807) is 23.5 Å². The van der Waals surface area contributed by atoms with Crippen LogP contribution in [0.1, 0.15) is 0 Å². The summed E-state index contributed by atoms with van der Waals surface area (Å²) in [5.74, 6) is -0.609. The van der Waals surface area contributed by atoms with Crippen LogP contribution in [0.4, 0.5) is 10.1 Å². The first-order chi connectivity index (χ1) is 13.2. The van der Waals surface area contributed by atoms with E-state index in [1.165, 1.54) is 30.2 Å². The quantitative estimate of drug-likeness (QED) is 0.371. The third-order valence-electron chi connectivity index (χ3n) is 3.91. The Labute approximate surface area is 163 Å². The van der Waals surface area contributed by atoms with E-state index in [9.17, 15) is 9.18 Å². The van der Waals surface area contributed by atoms with Crippen LogP contribution >= 0.6 is 23.1 Å². The molecule has 0 bridgehead atoms. The topological polar surface area (TPSA) is 54.9 Å². The highest BCUT2D eigenvalue weighted by molar-refractivity contribution is 8.00. The van der Waals surface area contributed by atoms with Crippen molar-refractivity contribution in [3.05, 3.63) is 72.1 Å². The second-order valence-corrected chi connectivity index (χ2v) is 7.51. The van der Waals surface area contributed by atoms with Gasteiger partial charge in [-0.2, -0.15) is 0 Å². The lowest BCUT2D eigenvalue weighted by molar-refractivity contribution is -0.113. The summed E-state index contributed by atoms with van der Waals surface area (Å²) in [7, 11) is 0. The molecule has 0 aliphatic heterocycles. The van der Waals surface area contributed by atoms with Gasteiger partial charge in [0.1, 0.15) is 22.0 Å². The van der Waals surface area contributed by atoms with Gasteiger partial charge in [0.25, 0.3) is 0 Å². The molecule has 4 aromatic rings. The average Bonchev–Trinajstić information content (AvgIpc) is 3.14. The van der Waals surface area contributed by atoms with Crippen molar-refractivity contribution in [1.82, 2.24) is 9.97 Å². The van der Waals surface area contributed by atoms with Crippen LogP contribution in [-0.2, 0) is 4.79 Å². The highest BCUT2D eigenvalue weighted by Gasteiger charge is 2.15. The molecule has 0 fully saturated rings. The molecule has 1 N–H and O–H groups in total. The number of nitrogens with zero attached hydrogens (tertiary/aromatic N) is 2. The van der Waals surface area contributed by atoms with Gasteiger partial charge in [-0.05, 0) is 17.7 Å². The van der Waals surface area contributed by atoms with E-state index in [0.717, 1.165) is 26.4 Å². The fourth-order valence-electron chi connectivity index (χ4n) is 2.67. The summed E-state index contributed by atoms with van der Waals surface area (Å²) in [4.78, 5) is 21.8. The number of thioether (sulfide) groups is 1. The number of benzene rings is 2. The zero-order valence-electron chi connectivity index (χ0n) is 14.1. The number of hydrogen-bond donors (Lipinski definition) is 1. The SMILES string of the molecule is O=C(CSc1ncnc2scc(-c3ccccc3)c12)Nc1ccccc1F. The molecule has 2 aromatic heterocycles. The van der Waals surface area contributed by atoms with Crippen molar-refractivity contribution in [1.29, 1.82) is 0 Å². The first-order valence-corrected chi connectivity index (χ1v) is 10.0. The largest absolute Gasteiger partial charge is 0.323 e. The molecule has 0 aliphatic rings. The van der Waals surface area contributed by atoms with Crippen molar-refractivity contribution < 1.29 is 9.18 Å². The number of fused-ring (bicyclic) bond motifs is 1. The molecule has 0 aliphatic carbocycles. The maximum Gasteiger partial charge on any atom is 0.234 e. The first-order valence-electron chi connectivity index (χ1n) is 8.17. The van der Waals surface area contributed by atoms with E-state index in [1.807, 2.05) is 30.3 Å². The lowest BCUT2D eigenvalue weighted by atomic mass is 10.1. The predicted octanol–water partition coefficient (Wildman–Crippen LogP) is 5.23. The molecule has 0 unspecified atom stereocenters. The van der Waals surface area contributed by atoms with E-state index < -0.39 is 5.82 Å². The van der Waals surface area contributed by atoms with Crippen LogP contribution in [0.2, 0.25) is 0 Å². The van der Waals surface area contributed by atoms with Crippen LogP contribution in [0.25, 0.3) is 21.3 Å². The number of halogens is 1. The van der Waals surface area contributed by atoms with E-state index in [2.05, 4.69) is 20.7 Å². The molecule has 4 nitrogen and oxygen atoms in total. The maximum atomic E-state index is 13.7. The van der Waals surface area contributed by atoms with Crippen LogP contribution < -0.4 is 5.32 Å². The van der Waals surface area contributed by atoms with E-state index in [0.29, 0.717) is 0 Å². The van der Waals surface area contributed by atoms with Crippen molar-refractivity contribution in [3.8, 4) is 11.1 Å². The summed E-state index contributed by atoms with van der Waals surface area (Å²) >= 11 is 2.86. The van der Waals surface area contributed by atoms with Gasteiger partial charge < -0.3 is 5.32 Å². The van der Waals surface area contributed by atoms with Gasteiger partial charge in [0.2, 0.25) is 5.91 Å². The Morgan fingerprint density at radius 3 is 2.67 bits per heavy atom. The van der Waals surface area contributed by atoms with Gasteiger partial charge in [0.15, 0.2) is 0 Å². The Hall–Kier alpha value is -2.77. The third kappa shape index (κ3) is 3.84. The summed E-state index contributed by atoms with van der Waals surface area (Å²) < 4.78 is 13.7. The van der Waals surface area contributed by atoms with Crippen molar-refractivity contribution in [3.63, 3.8) is 0 Å². The zero-order chi connectivity index (χ0) is 18.6. The third-order valence-corrected chi connectivity index (χ3v) is 5.78. The second-order valence-electron chi connectivity index (χ2n) is 5.69. The summed E-state index contributed by atoms with van der Waals surface area (Å²) in [6.45, 7) is 0. The van der Waals surface area contributed by atoms with Gasteiger partial charge in [-0.25, -0.2) is 14.4 Å². The fourth-order valence-corrected chi connectivity index (χ4v) is 4.46. The summed E-state index contributed by atoms with van der Waals surface area (Å²) in [5, 5.41) is 6.33. The molecule has 0 saturated carbocycles. The van der Waals surface area contributed by atoms with Crippen LogP contribution in [0.3, 0.4) is 0 Å².